The van der Waals surface area contributed by atoms with E-state index in [1.165, 1.54) is 44.9 Å². The van der Waals surface area contributed by atoms with E-state index in [0.717, 1.165) is 55.9 Å². The van der Waals surface area contributed by atoms with Gasteiger partial charge in [-0.25, -0.2) is 9.18 Å². The Balaban J connectivity index is 1.49. The highest BCUT2D eigenvalue weighted by Gasteiger charge is 2.26. The number of benzene rings is 1. The van der Waals surface area contributed by atoms with E-state index < -0.39 is 11.8 Å². The van der Waals surface area contributed by atoms with Gasteiger partial charge in [-0.2, -0.15) is 0 Å². The Hall–Kier alpha value is -1.38. The van der Waals surface area contributed by atoms with Crippen LogP contribution in [0.1, 0.15) is 119 Å². The second-order valence-corrected chi connectivity index (χ2v) is 9.41. The van der Waals surface area contributed by atoms with Crippen molar-refractivity contribution in [3.63, 3.8) is 0 Å². The first kappa shape index (κ1) is 22.3. The Kier molecular flexibility index (Phi) is 8.56. The summed E-state index contributed by atoms with van der Waals surface area (Å²) in [6.07, 6.45) is 15.2. The maximum absolute atomic E-state index is 14.7. The van der Waals surface area contributed by atoms with Gasteiger partial charge in [0.25, 0.3) is 0 Å². The number of ether oxygens (including phenoxy) is 1. The van der Waals surface area contributed by atoms with Crippen LogP contribution in [0.5, 0.6) is 0 Å². The maximum atomic E-state index is 14.7. The predicted octanol–water partition coefficient (Wildman–Crippen LogP) is 7.81. The lowest BCUT2D eigenvalue weighted by Gasteiger charge is -2.29. The van der Waals surface area contributed by atoms with Crippen molar-refractivity contribution < 1.29 is 13.9 Å². The smallest absolute Gasteiger partial charge is 0.341 e. The molecule has 1 aromatic rings. The fourth-order valence-electron chi connectivity index (χ4n) is 5.29. The monoisotopic (exact) mass is 402 g/mol. The molecule has 0 radical (unpaired) electrons. The first-order chi connectivity index (χ1) is 14.1. The molecule has 2 aliphatic carbocycles. The maximum Gasteiger partial charge on any atom is 0.341 e. The molecule has 0 bridgehead atoms. The first-order valence-corrected chi connectivity index (χ1v) is 12.1. The van der Waals surface area contributed by atoms with Crippen LogP contribution in [0.25, 0.3) is 0 Å². The van der Waals surface area contributed by atoms with Crippen molar-refractivity contribution in [2.24, 2.45) is 11.8 Å². The number of hydrogen-bond donors (Lipinski definition) is 0. The molecular formula is C26H39FO2. The molecule has 0 heterocycles. The van der Waals surface area contributed by atoms with E-state index in [-0.39, 0.29) is 11.7 Å². The van der Waals surface area contributed by atoms with E-state index in [1.54, 1.807) is 12.1 Å². The molecule has 29 heavy (non-hydrogen) atoms. The number of rotatable bonds is 8. The quantitative estimate of drug-likeness (QED) is 0.327. The molecule has 0 atom stereocenters. The van der Waals surface area contributed by atoms with Gasteiger partial charge in [-0.05, 0) is 86.8 Å². The summed E-state index contributed by atoms with van der Waals surface area (Å²) in [7, 11) is 0. The zero-order valence-corrected chi connectivity index (χ0v) is 18.4. The Labute approximate surface area is 176 Å². The molecule has 0 spiro atoms. The molecule has 0 aliphatic heterocycles. The highest BCUT2D eigenvalue weighted by Crippen LogP contribution is 2.37. The van der Waals surface area contributed by atoms with Crippen LogP contribution in [0.15, 0.2) is 18.2 Å². The third-order valence-corrected chi connectivity index (χ3v) is 7.39. The molecule has 2 aliphatic rings. The lowest BCUT2D eigenvalue weighted by molar-refractivity contribution is 0.0156. The van der Waals surface area contributed by atoms with Gasteiger partial charge in [0.05, 0.1) is 5.56 Å². The van der Waals surface area contributed by atoms with Crippen molar-refractivity contribution in [2.75, 3.05) is 0 Å². The van der Waals surface area contributed by atoms with Crippen molar-refractivity contribution in [3.8, 4) is 0 Å². The van der Waals surface area contributed by atoms with Crippen LogP contribution in [-0.4, -0.2) is 12.1 Å². The summed E-state index contributed by atoms with van der Waals surface area (Å²) < 4.78 is 20.4. The molecule has 0 aromatic heterocycles. The molecule has 0 saturated heterocycles. The summed E-state index contributed by atoms with van der Waals surface area (Å²) in [5.41, 5.74) is 1.14. The highest BCUT2D eigenvalue weighted by molar-refractivity contribution is 5.89. The molecule has 0 N–H and O–H groups in total. The number of unbranched alkanes of at least 4 members (excludes halogenated alkanes) is 2. The van der Waals surface area contributed by atoms with E-state index in [1.807, 2.05) is 6.07 Å². The van der Waals surface area contributed by atoms with Crippen LogP contribution in [0.3, 0.4) is 0 Å². The zero-order valence-electron chi connectivity index (χ0n) is 18.4. The van der Waals surface area contributed by atoms with Gasteiger partial charge >= 0.3 is 5.97 Å². The zero-order chi connectivity index (χ0) is 20.6. The SMILES string of the molecule is CCCCCC1CCC(OC(=O)c2ccc(C3CCC(CC)CC3)cc2F)CC1. The normalized spacial score (nSPS) is 27.6. The van der Waals surface area contributed by atoms with Crippen molar-refractivity contribution in [1.29, 1.82) is 0 Å². The predicted molar refractivity (Wildman–Crippen MR) is 117 cm³/mol. The topological polar surface area (TPSA) is 26.3 Å². The number of carbonyl (C=O) groups is 1. The average molecular weight is 403 g/mol. The summed E-state index contributed by atoms with van der Waals surface area (Å²) in [6.45, 7) is 4.49. The molecule has 2 nitrogen and oxygen atoms in total. The van der Waals surface area contributed by atoms with Crippen LogP contribution in [0, 0.1) is 17.7 Å². The summed E-state index contributed by atoms with van der Waals surface area (Å²) >= 11 is 0. The lowest BCUT2D eigenvalue weighted by Crippen LogP contribution is -2.25. The Bertz CT molecular complexity index is 640. The fourth-order valence-corrected chi connectivity index (χ4v) is 5.29. The first-order valence-electron chi connectivity index (χ1n) is 12.1. The van der Waals surface area contributed by atoms with Gasteiger partial charge in [0.15, 0.2) is 0 Å². The minimum absolute atomic E-state index is 0.0478. The largest absolute Gasteiger partial charge is 0.459 e. The van der Waals surface area contributed by atoms with Gasteiger partial charge in [-0.15, -0.1) is 0 Å². The number of esters is 1. The second-order valence-electron chi connectivity index (χ2n) is 9.41. The van der Waals surface area contributed by atoms with Crippen LogP contribution >= 0.6 is 0 Å². The van der Waals surface area contributed by atoms with Crippen molar-refractivity contribution in [1.82, 2.24) is 0 Å². The molecule has 162 valence electrons. The molecular weight excluding hydrogens is 363 g/mol. The molecule has 2 saturated carbocycles. The fraction of sp³-hybridized carbons (Fsp3) is 0.731. The standard InChI is InChI=1S/C26H39FO2/c1-3-5-6-7-20-10-15-23(16-11-20)29-26(28)24-17-14-22(18-25(24)27)21-12-8-19(4-2)9-13-21/h14,17-21,23H,3-13,15-16H2,1-2H3. The minimum Gasteiger partial charge on any atom is -0.459 e. The van der Waals surface area contributed by atoms with Crippen LogP contribution in [0.2, 0.25) is 0 Å². The second kappa shape index (κ2) is 11.1. The van der Waals surface area contributed by atoms with Crippen LogP contribution in [0.4, 0.5) is 4.39 Å². The third kappa shape index (κ3) is 6.30. The Morgan fingerprint density at radius 1 is 0.966 bits per heavy atom. The van der Waals surface area contributed by atoms with Crippen molar-refractivity contribution in [2.45, 2.75) is 109 Å². The third-order valence-electron chi connectivity index (χ3n) is 7.39. The summed E-state index contributed by atoms with van der Waals surface area (Å²) in [5, 5.41) is 0. The average Bonchev–Trinajstić information content (AvgIpc) is 2.75. The molecule has 3 heteroatoms. The van der Waals surface area contributed by atoms with Crippen molar-refractivity contribution in [3.05, 3.63) is 35.1 Å². The van der Waals surface area contributed by atoms with E-state index >= 15 is 0 Å². The summed E-state index contributed by atoms with van der Waals surface area (Å²) in [5.74, 6) is 1.12. The highest BCUT2D eigenvalue weighted by atomic mass is 19.1. The van der Waals surface area contributed by atoms with Gasteiger partial charge in [-0.1, -0.05) is 52.0 Å². The molecule has 0 amide bonds. The summed E-state index contributed by atoms with van der Waals surface area (Å²) in [4.78, 5) is 12.5. The minimum atomic E-state index is -0.488. The Morgan fingerprint density at radius 2 is 1.66 bits per heavy atom. The molecule has 2 fully saturated rings. The van der Waals surface area contributed by atoms with E-state index in [4.69, 9.17) is 4.74 Å². The Morgan fingerprint density at radius 3 is 2.28 bits per heavy atom. The molecule has 1 aromatic carbocycles. The van der Waals surface area contributed by atoms with Gasteiger partial charge in [0.1, 0.15) is 11.9 Å². The molecule has 0 unspecified atom stereocenters. The van der Waals surface area contributed by atoms with Gasteiger partial charge < -0.3 is 4.74 Å². The van der Waals surface area contributed by atoms with Crippen LogP contribution in [-0.2, 0) is 4.74 Å². The molecule has 3 rings (SSSR count). The summed E-state index contributed by atoms with van der Waals surface area (Å²) in [6, 6.07) is 5.18. The number of halogens is 1. The number of hydrogen-bond acceptors (Lipinski definition) is 2. The van der Waals surface area contributed by atoms with Gasteiger partial charge in [0, 0.05) is 0 Å². The van der Waals surface area contributed by atoms with Crippen LogP contribution < -0.4 is 0 Å². The lowest BCUT2D eigenvalue weighted by atomic mass is 9.78. The van der Waals surface area contributed by atoms with E-state index in [9.17, 15) is 9.18 Å². The van der Waals surface area contributed by atoms with E-state index in [0.29, 0.717) is 5.92 Å². The van der Waals surface area contributed by atoms with Gasteiger partial charge in [0.2, 0.25) is 0 Å². The number of carbonyl (C=O) groups excluding carboxylic acids is 1. The van der Waals surface area contributed by atoms with Gasteiger partial charge in [-0.3, -0.25) is 0 Å². The van der Waals surface area contributed by atoms with Crippen molar-refractivity contribution >= 4 is 5.97 Å². The van der Waals surface area contributed by atoms with E-state index in [2.05, 4.69) is 13.8 Å².